The highest BCUT2D eigenvalue weighted by Gasteiger charge is 2.31. The first kappa shape index (κ1) is 28.1. The number of hydrogen-bond donors (Lipinski definition) is 1. The minimum absolute atomic E-state index is 0.218. The average Bonchev–Trinajstić information content (AvgIpc) is 2.78. The Morgan fingerprint density at radius 2 is 1.71 bits per heavy atom. The van der Waals surface area contributed by atoms with Gasteiger partial charge in [0.1, 0.15) is 12.6 Å². The van der Waals surface area contributed by atoms with Crippen LogP contribution in [0.5, 0.6) is 0 Å². The fourth-order valence-electron chi connectivity index (χ4n) is 3.62. The minimum atomic E-state index is -3.73. The molecule has 2 rings (SSSR count). The second-order valence-corrected chi connectivity index (χ2v) is 11.4. The molecule has 0 bridgehead atoms. The molecule has 0 fully saturated rings. The van der Waals surface area contributed by atoms with Crippen molar-refractivity contribution in [2.75, 3.05) is 23.7 Å². The molecule has 0 aliphatic heterocycles. The van der Waals surface area contributed by atoms with Gasteiger partial charge in [-0.2, -0.15) is 0 Å². The summed E-state index contributed by atoms with van der Waals surface area (Å²) in [7, 11) is -3.73. The van der Waals surface area contributed by atoms with Crippen LogP contribution in [0.2, 0.25) is 0 Å². The van der Waals surface area contributed by atoms with E-state index in [1.54, 1.807) is 24.3 Å². The predicted molar refractivity (Wildman–Crippen MR) is 145 cm³/mol. The molecule has 0 aliphatic rings. The van der Waals surface area contributed by atoms with E-state index in [0.717, 1.165) is 38.1 Å². The molecular weight excluding hydrogens is 565 g/mol. The highest BCUT2D eigenvalue weighted by Crippen LogP contribution is 2.21. The maximum Gasteiger partial charge on any atom is 0.244 e. The summed E-state index contributed by atoms with van der Waals surface area (Å²) in [5.74, 6) is -0.650. The molecule has 34 heavy (non-hydrogen) atoms. The first-order valence-corrected chi connectivity index (χ1v) is 14.4. The highest BCUT2D eigenvalue weighted by atomic mass is 127. The molecule has 7 nitrogen and oxygen atoms in total. The van der Waals surface area contributed by atoms with Gasteiger partial charge in [0.05, 0.1) is 11.9 Å². The summed E-state index contributed by atoms with van der Waals surface area (Å²) in [5, 5.41) is 2.93. The van der Waals surface area contributed by atoms with E-state index in [-0.39, 0.29) is 19.0 Å². The summed E-state index contributed by atoms with van der Waals surface area (Å²) in [4.78, 5) is 28.2. The number of unbranched alkanes of at least 4 members (excludes halogenated alkanes) is 1. The Kier molecular flexibility index (Phi) is 10.8. The number of anilines is 1. The van der Waals surface area contributed by atoms with Crippen LogP contribution >= 0.6 is 22.6 Å². The number of hydrogen-bond acceptors (Lipinski definition) is 4. The molecule has 0 aliphatic carbocycles. The van der Waals surface area contributed by atoms with Crippen LogP contribution in [-0.2, 0) is 26.2 Å². The van der Waals surface area contributed by atoms with E-state index in [4.69, 9.17) is 0 Å². The van der Waals surface area contributed by atoms with Crippen LogP contribution < -0.4 is 9.62 Å². The summed E-state index contributed by atoms with van der Waals surface area (Å²) in [6.07, 6.45) is 3.29. The number of nitrogens with one attached hydrogen (secondary N) is 1. The Morgan fingerprint density at radius 3 is 2.26 bits per heavy atom. The van der Waals surface area contributed by atoms with Crippen molar-refractivity contribution in [3.05, 3.63) is 63.2 Å². The number of benzene rings is 2. The van der Waals surface area contributed by atoms with Gasteiger partial charge < -0.3 is 10.2 Å². The lowest BCUT2D eigenvalue weighted by atomic mass is 10.1. The largest absolute Gasteiger partial charge is 0.354 e. The topological polar surface area (TPSA) is 86.8 Å². The van der Waals surface area contributed by atoms with Crippen molar-refractivity contribution >= 4 is 50.1 Å². The molecule has 0 saturated heterocycles. The van der Waals surface area contributed by atoms with Crippen LogP contribution in [0.4, 0.5) is 5.69 Å². The molecule has 0 saturated carbocycles. The summed E-state index contributed by atoms with van der Waals surface area (Å²) in [5.41, 5.74) is 2.32. The fraction of sp³-hybridized carbons (Fsp3) is 0.440. The van der Waals surface area contributed by atoms with Crippen molar-refractivity contribution < 1.29 is 18.0 Å². The molecule has 2 amide bonds. The molecule has 0 unspecified atom stereocenters. The monoisotopic (exact) mass is 599 g/mol. The Morgan fingerprint density at radius 1 is 1.06 bits per heavy atom. The molecule has 1 atom stereocenters. The highest BCUT2D eigenvalue weighted by molar-refractivity contribution is 14.1. The van der Waals surface area contributed by atoms with Gasteiger partial charge in [-0.3, -0.25) is 13.9 Å². The van der Waals surface area contributed by atoms with Crippen LogP contribution in [0.1, 0.15) is 44.2 Å². The molecule has 0 spiro atoms. The van der Waals surface area contributed by atoms with Crippen molar-refractivity contribution in [3.8, 4) is 0 Å². The summed E-state index contributed by atoms with van der Waals surface area (Å²) in [6.45, 7) is 6.22. The second kappa shape index (κ2) is 13.1. The Balaban J connectivity index is 2.40. The number of rotatable bonds is 12. The van der Waals surface area contributed by atoms with E-state index in [9.17, 15) is 18.0 Å². The average molecular weight is 600 g/mol. The first-order valence-electron chi connectivity index (χ1n) is 11.4. The van der Waals surface area contributed by atoms with Crippen LogP contribution in [0.15, 0.2) is 48.5 Å². The molecule has 186 valence electrons. The van der Waals surface area contributed by atoms with Gasteiger partial charge in [-0.1, -0.05) is 44.5 Å². The van der Waals surface area contributed by atoms with Gasteiger partial charge in [0.25, 0.3) is 0 Å². The zero-order chi connectivity index (χ0) is 25.3. The summed E-state index contributed by atoms with van der Waals surface area (Å²) >= 11 is 2.14. The van der Waals surface area contributed by atoms with E-state index in [2.05, 4.69) is 27.9 Å². The second-order valence-electron chi connectivity index (χ2n) is 8.26. The predicted octanol–water partition coefficient (Wildman–Crippen LogP) is 4.09. The third kappa shape index (κ3) is 7.97. The quantitative estimate of drug-likeness (QED) is 0.294. The third-order valence-corrected chi connectivity index (χ3v) is 7.47. The van der Waals surface area contributed by atoms with E-state index in [1.165, 1.54) is 4.90 Å². The van der Waals surface area contributed by atoms with Crippen LogP contribution in [-0.4, -0.2) is 50.5 Å². The van der Waals surface area contributed by atoms with Crippen molar-refractivity contribution in [2.24, 2.45) is 0 Å². The summed E-state index contributed by atoms with van der Waals surface area (Å²) in [6, 6.07) is 13.9. The normalized spacial score (nSPS) is 12.1. The maximum absolute atomic E-state index is 13.6. The van der Waals surface area contributed by atoms with Crippen molar-refractivity contribution in [1.82, 2.24) is 10.2 Å². The minimum Gasteiger partial charge on any atom is -0.354 e. The van der Waals surface area contributed by atoms with Crippen molar-refractivity contribution in [3.63, 3.8) is 0 Å². The van der Waals surface area contributed by atoms with Gasteiger partial charge in [0.15, 0.2) is 0 Å². The number of amides is 2. The lowest BCUT2D eigenvalue weighted by Gasteiger charge is -2.33. The van der Waals surface area contributed by atoms with E-state index < -0.39 is 22.0 Å². The van der Waals surface area contributed by atoms with E-state index >= 15 is 0 Å². The molecule has 2 aromatic carbocycles. The molecular formula is C25H34IN3O4S. The van der Waals surface area contributed by atoms with Crippen LogP contribution in [0, 0.1) is 10.5 Å². The zero-order valence-electron chi connectivity index (χ0n) is 20.3. The van der Waals surface area contributed by atoms with Gasteiger partial charge in [0.2, 0.25) is 21.8 Å². The van der Waals surface area contributed by atoms with E-state index in [1.807, 2.05) is 45.0 Å². The van der Waals surface area contributed by atoms with Gasteiger partial charge in [-0.15, -0.1) is 0 Å². The number of sulfonamides is 1. The zero-order valence-corrected chi connectivity index (χ0v) is 23.2. The van der Waals surface area contributed by atoms with Crippen molar-refractivity contribution in [2.45, 2.75) is 52.6 Å². The number of carbonyl (C=O) groups is 2. The SMILES string of the molecule is CCCCNC(=O)[C@H](CC)N(Cc1ccccc1C)C(=O)CN(c1ccc(I)cc1)S(C)(=O)=O. The smallest absolute Gasteiger partial charge is 0.244 e. The maximum atomic E-state index is 13.6. The molecule has 0 radical (unpaired) electrons. The summed E-state index contributed by atoms with van der Waals surface area (Å²) < 4.78 is 27.3. The van der Waals surface area contributed by atoms with Gasteiger partial charge in [-0.05, 0) is 77.7 Å². The molecule has 2 aromatic rings. The third-order valence-electron chi connectivity index (χ3n) is 5.61. The number of carbonyl (C=O) groups excluding carboxylic acids is 2. The van der Waals surface area contributed by atoms with E-state index in [0.29, 0.717) is 18.7 Å². The fourth-order valence-corrected chi connectivity index (χ4v) is 4.83. The van der Waals surface area contributed by atoms with Crippen LogP contribution in [0.25, 0.3) is 0 Å². The number of nitrogens with zero attached hydrogens (tertiary/aromatic N) is 2. The standard InChI is InChI=1S/C25H34IN3O4S/c1-5-7-16-27-25(31)23(6-2)28(17-20-11-9-8-10-19(20)3)24(30)18-29(34(4,32)33)22-14-12-21(26)13-15-22/h8-15,23H,5-7,16-18H2,1-4H3,(H,27,31)/t23-/m0/s1. The van der Waals surface area contributed by atoms with Gasteiger partial charge in [-0.25, -0.2) is 8.42 Å². The first-order chi connectivity index (χ1) is 16.1. The number of halogens is 1. The van der Waals surface area contributed by atoms with Crippen LogP contribution in [0.3, 0.4) is 0 Å². The molecule has 9 heteroatoms. The molecule has 1 N–H and O–H groups in total. The van der Waals surface area contributed by atoms with Crippen molar-refractivity contribution in [1.29, 1.82) is 0 Å². The van der Waals surface area contributed by atoms with Gasteiger partial charge in [0, 0.05) is 16.7 Å². The lowest BCUT2D eigenvalue weighted by Crippen LogP contribution is -2.52. The number of aryl methyl sites for hydroxylation is 1. The Hall–Kier alpha value is -2.14. The molecule has 0 aromatic heterocycles. The lowest BCUT2D eigenvalue weighted by molar-refractivity contribution is -0.140. The Labute approximate surface area is 217 Å². The van der Waals surface area contributed by atoms with Gasteiger partial charge >= 0.3 is 0 Å². The Bertz CT molecular complexity index is 1070. The molecule has 0 heterocycles.